The molecule has 1 unspecified atom stereocenters. The Bertz CT molecular complexity index is 920. The molecule has 2 amide bonds. The number of hydrogen-bond donors (Lipinski definition) is 0. The highest BCUT2D eigenvalue weighted by Gasteiger charge is 2.34. The van der Waals surface area contributed by atoms with Gasteiger partial charge in [0, 0.05) is 57.3 Å². The predicted molar refractivity (Wildman–Crippen MR) is 128 cm³/mol. The number of benzene rings is 2. The normalized spacial score (nSPS) is 20.6. The quantitative estimate of drug-likeness (QED) is 0.679. The number of carbonyl (C=O) groups is 2. The Balaban J connectivity index is 1.24. The van der Waals surface area contributed by atoms with Crippen LogP contribution in [0.4, 0.5) is 0 Å². The fourth-order valence-electron chi connectivity index (χ4n) is 4.76. The Hall–Kier alpha value is -2.92. The van der Waals surface area contributed by atoms with E-state index < -0.39 is 0 Å². The number of rotatable bonds is 5. The van der Waals surface area contributed by atoms with E-state index in [0.717, 1.165) is 44.6 Å². The SMILES string of the molecule is CC1CN(Cc2ccccc2)CCN1C(=O)C1CCN(C(=O)C=Cc2ccccc2)CC1. The van der Waals surface area contributed by atoms with Gasteiger partial charge in [-0.15, -0.1) is 0 Å². The third-order valence-electron chi connectivity index (χ3n) is 6.62. The molecule has 0 spiro atoms. The summed E-state index contributed by atoms with van der Waals surface area (Å²) >= 11 is 0. The molecule has 2 aliphatic rings. The molecule has 0 aromatic heterocycles. The zero-order valence-electron chi connectivity index (χ0n) is 18.9. The fraction of sp³-hybridized carbons (Fsp3) is 0.407. The summed E-state index contributed by atoms with van der Waals surface area (Å²) in [6, 6.07) is 20.6. The van der Waals surface area contributed by atoms with Crippen LogP contribution in [-0.4, -0.2) is 65.3 Å². The van der Waals surface area contributed by atoms with Crippen molar-refractivity contribution >= 4 is 17.9 Å². The van der Waals surface area contributed by atoms with Gasteiger partial charge in [-0.1, -0.05) is 60.7 Å². The Labute approximate surface area is 191 Å². The fourth-order valence-corrected chi connectivity index (χ4v) is 4.76. The van der Waals surface area contributed by atoms with E-state index in [1.165, 1.54) is 5.56 Å². The minimum Gasteiger partial charge on any atom is -0.339 e. The van der Waals surface area contributed by atoms with E-state index in [1.807, 2.05) is 47.4 Å². The summed E-state index contributed by atoms with van der Waals surface area (Å²) in [4.78, 5) is 32.1. The van der Waals surface area contributed by atoms with Crippen LogP contribution in [0.5, 0.6) is 0 Å². The summed E-state index contributed by atoms with van der Waals surface area (Å²) in [7, 11) is 0. The number of amides is 2. The van der Waals surface area contributed by atoms with Crippen molar-refractivity contribution in [2.45, 2.75) is 32.4 Å². The summed E-state index contributed by atoms with van der Waals surface area (Å²) in [6.07, 6.45) is 5.00. The van der Waals surface area contributed by atoms with Gasteiger partial charge in [0.05, 0.1) is 0 Å². The van der Waals surface area contributed by atoms with E-state index in [9.17, 15) is 9.59 Å². The lowest BCUT2D eigenvalue weighted by atomic mass is 9.94. The first-order chi connectivity index (χ1) is 15.6. The van der Waals surface area contributed by atoms with Crippen molar-refractivity contribution in [2.75, 3.05) is 32.7 Å². The number of piperidine rings is 1. The molecule has 2 aromatic carbocycles. The number of carbonyl (C=O) groups excluding carboxylic acids is 2. The molecule has 2 saturated heterocycles. The van der Waals surface area contributed by atoms with Crippen LogP contribution in [0, 0.1) is 5.92 Å². The molecule has 2 aromatic rings. The van der Waals surface area contributed by atoms with Gasteiger partial charge in [-0.25, -0.2) is 0 Å². The Kier molecular flexibility index (Phi) is 7.38. The van der Waals surface area contributed by atoms with Gasteiger partial charge in [0.1, 0.15) is 0 Å². The molecule has 0 radical (unpaired) electrons. The van der Waals surface area contributed by atoms with E-state index in [4.69, 9.17) is 0 Å². The van der Waals surface area contributed by atoms with Gasteiger partial charge in [0.2, 0.25) is 11.8 Å². The van der Waals surface area contributed by atoms with Crippen LogP contribution in [0.25, 0.3) is 6.08 Å². The van der Waals surface area contributed by atoms with Crippen LogP contribution < -0.4 is 0 Å². The van der Waals surface area contributed by atoms with Gasteiger partial charge in [0.25, 0.3) is 0 Å². The van der Waals surface area contributed by atoms with Crippen molar-refractivity contribution in [1.82, 2.24) is 14.7 Å². The topological polar surface area (TPSA) is 43.9 Å². The lowest BCUT2D eigenvalue weighted by Crippen LogP contribution is -2.56. The third kappa shape index (κ3) is 5.65. The van der Waals surface area contributed by atoms with Crippen LogP contribution >= 0.6 is 0 Å². The zero-order valence-corrected chi connectivity index (χ0v) is 18.9. The molecule has 4 rings (SSSR count). The molecule has 0 aliphatic carbocycles. The lowest BCUT2D eigenvalue weighted by Gasteiger charge is -2.42. The van der Waals surface area contributed by atoms with Crippen molar-refractivity contribution in [3.63, 3.8) is 0 Å². The Morgan fingerprint density at radius 2 is 1.56 bits per heavy atom. The molecule has 2 aliphatic heterocycles. The average molecular weight is 432 g/mol. The molecule has 5 nitrogen and oxygen atoms in total. The number of likely N-dealkylation sites (tertiary alicyclic amines) is 1. The molecular formula is C27H33N3O2. The summed E-state index contributed by atoms with van der Waals surface area (Å²) < 4.78 is 0. The maximum Gasteiger partial charge on any atom is 0.246 e. The molecule has 2 heterocycles. The van der Waals surface area contributed by atoms with Gasteiger partial charge in [-0.3, -0.25) is 14.5 Å². The summed E-state index contributed by atoms with van der Waals surface area (Å²) in [6.45, 7) is 6.99. The second kappa shape index (κ2) is 10.6. The second-order valence-electron chi connectivity index (χ2n) is 8.94. The van der Waals surface area contributed by atoms with Crippen molar-refractivity contribution in [3.05, 3.63) is 77.9 Å². The molecule has 32 heavy (non-hydrogen) atoms. The van der Waals surface area contributed by atoms with Crippen molar-refractivity contribution in [2.24, 2.45) is 5.92 Å². The first-order valence-corrected chi connectivity index (χ1v) is 11.7. The van der Waals surface area contributed by atoms with E-state index >= 15 is 0 Å². The van der Waals surface area contributed by atoms with E-state index in [1.54, 1.807) is 6.08 Å². The molecule has 0 N–H and O–H groups in total. The van der Waals surface area contributed by atoms with Crippen LogP contribution in [-0.2, 0) is 16.1 Å². The van der Waals surface area contributed by atoms with E-state index in [0.29, 0.717) is 13.1 Å². The first-order valence-electron chi connectivity index (χ1n) is 11.7. The zero-order chi connectivity index (χ0) is 22.3. The summed E-state index contributed by atoms with van der Waals surface area (Å²) in [5.74, 6) is 0.326. The largest absolute Gasteiger partial charge is 0.339 e. The Morgan fingerprint density at radius 1 is 0.906 bits per heavy atom. The molecule has 0 bridgehead atoms. The molecule has 2 fully saturated rings. The van der Waals surface area contributed by atoms with E-state index in [2.05, 4.69) is 41.0 Å². The van der Waals surface area contributed by atoms with Crippen LogP contribution in [0.1, 0.15) is 30.9 Å². The molecule has 168 valence electrons. The van der Waals surface area contributed by atoms with Crippen LogP contribution in [0.15, 0.2) is 66.7 Å². The van der Waals surface area contributed by atoms with Gasteiger partial charge < -0.3 is 9.80 Å². The van der Waals surface area contributed by atoms with Crippen molar-refractivity contribution in [1.29, 1.82) is 0 Å². The smallest absolute Gasteiger partial charge is 0.246 e. The lowest BCUT2D eigenvalue weighted by molar-refractivity contribution is -0.143. The maximum absolute atomic E-state index is 13.2. The second-order valence-corrected chi connectivity index (χ2v) is 8.94. The van der Waals surface area contributed by atoms with Crippen molar-refractivity contribution < 1.29 is 9.59 Å². The number of piperazine rings is 1. The number of nitrogens with zero attached hydrogens (tertiary/aromatic N) is 3. The monoisotopic (exact) mass is 431 g/mol. The standard InChI is InChI=1S/C27H33N3O2/c1-22-20-28(21-24-10-6-3-7-11-24)18-19-30(22)27(32)25-14-16-29(17-15-25)26(31)13-12-23-8-4-2-5-9-23/h2-13,22,25H,14-21H2,1H3. The van der Waals surface area contributed by atoms with Gasteiger partial charge in [0.15, 0.2) is 0 Å². The Morgan fingerprint density at radius 3 is 2.22 bits per heavy atom. The highest BCUT2D eigenvalue weighted by atomic mass is 16.2. The summed E-state index contributed by atoms with van der Waals surface area (Å²) in [5, 5.41) is 0. The molecular weight excluding hydrogens is 398 g/mol. The van der Waals surface area contributed by atoms with Crippen LogP contribution in [0.3, 0.4) is 0 Å². The summed E-state index contributed by atoms with van der Waals surface area (Å²) in [5.41, 5.74) is 2.34. The minimum atomic E-state index is 0.0280. The van der Waals surface area contributed by atoms with Gasteiger partial charge in [-0.2, -0.15) is 0 Å². The predicted octanol–water partition coefficient (Wildman–Crippen LogP) is 3.67. The first kappa shape index (κ1) is 22.3. The third-order valence-corrected chi connectivity index (χ3v) is 6.62. The number of hydrogen-bond acceptors (Lipinski definition) is 3. The minimum absolute atomic E-state index is 0.0280. The van der Waals surface area contributed by atoms with Gasteiger partial charge in [-0.05, 0) is 37.0 Å². The maximum atomic E-state index is 13.2. The average Bonchev–Trinajstić information content (AvgIpc) is 2.84. The van der Waals surface area contributed by atoms with Gasteiger partial charge >= 0.3 is 0 Å². The van der Waals surface area contributed by atoms with Crippen LogP contribution in [0.2, 0.25) is 0 Å². The van der Waals surface area contributed by atoms with Crippen molar-refractivity contribution in [3.8, 4) is 0 Å². The highest BCUT2D eigenvalue weighted by Crippen LogP contribution is 2.23. The molecule has 0 saturated carbocycles. The highest BCUT2D eigenvalue weighted by molar-refractivity contribution is 5.92. The van der Waals surface area contributed by atoms with E-state index in [-0.39, 0.29) is 23.8 Å². The molecule has 5 heteroatoms. The molecule has 1 atom stereocenters.